The zero-order valence-corrected chi connectivity index (χ0v) is 16.0. The maximum absolute atomic E-state index is 12.1. The van der Waals surface area contributed by atoms with Crippen LogP contribution in [0.3, 0.4) is 0 Å². The van der Waals surface area contributed by atoms with Gasteiger partial charge < -0.3 is 25.0 Å². The second-order valence-corrected chi connectivity index (χ2v) is 7.21. The molecular weight excluding hydrogens is 332 g/mol. The van der Waals surface area contributed by atoms with E-state index in [4.69, 9.17) is 15.2 Å². The van der Waals surface area contributed by atoms with E-state index in [0.29, 0.717) is 45.3 Å². The minimum Gasteiger partial charge on any atom is -0.494 e. The SMILES string of the molecule is CC(C)(C)OC(=O)N1CCN(C(N)=NCCCOc2ccccc2)CC1. The number of piperazine rings is 1. The molecule has 0 unspecified atom stereocenters. The number of hydrogen-bond acceptors (Lipinski definition) is 4. The molecule has 1 amide bonds. The molecule has 0 aromatic heterocycles. The quantitative estimate of drug-likeness (QED) is 0.494. The molecule has 1 aromatic rings. The summed E-state index contributed by atoms with van der Waals surface area (Å²) in [7, 11) is 0. The number of nitrogens with zero attached hydrogens (tertiary/aromatic N) is 3. The number of carbonyl (C=O) groups excluding carboxylic acids is 1. The van der Waals surface area contributed by atoms with Crippen LogP contribution in [0.2, 0.25) is 0 Å². The van der Waals surface area contributed by atoms with Crippen LogP contribution in [0.25, 0.3) is 0 Å². The summed E-state index contributed by atoms with van der Waals surface area (Å²) in [5.74, 6) is 1.39. The summed E-state index contributed by atoms with van der Waals surface area (Å²) in [5.41, 5.74) is 5.59. The lowest BCUT2D eigenvalue weighted by Gasteiger charge is -2.36. The van der Waals surface area contributed by atoms with Gasteiger partial charge in [0, 0.05) is 39.1 Å². The molecule has 2 rings (SSSR count). The van der Waals surface area contributed by atoms with Gasteiger partial charge in [-0.1, -0.05) is 18.2 Å². The van der Waals surface area contributed by atoms with Gasteiger partial charge in [-0.2, -0.15) is 0 Å². The van der Waals surface area contributed by atoms with E-state index in [9.17, 15) is 4.79 Å². The fraction of sp³-hybridized carbons (Fsp3) is 0.579. The summed E-state index contributed by atoms with van der Waals surface area (Å²) in [6.45, 7) is 9.32. The van der Waals surface area contributed by atoms with E-state index < -0.39 is 5.60 Å². The Labute approximate surface area is 155 Å². The van der Waals surface area contributed by atoms with Gasteiger partial charge in [0.25, 0.3) is 0 Å². The normalized spacial score (nSPS) is 15.7. The van der Waals surface area contributed by atoms with E-state index in [2.05, 4.69) is 4.99 Å². The van der Waals surface area contributed by atoms with E-state index in [0.717, 1.165) is 12.2 Å². The Morgan fingerprint density at radius 1 is 1.12 bits per heavy atom. The number of benzene rings is 1. The molecule has 26 heavy (non-hydrogen) atoms. The average molecular weight is 362 g/mol. The first kappa shape index (κ1) is 19.9. The molecular formula is C19H30N4O3. The molecule has 1 saturated heterocycles. The van der Waals surface area contributed by atoms with Gasteiger partial charge in [-0.3, -0.25) is 4.99 Å². The first-order chi connectivity index (χ1) is 12.3. The summed E-state index contributed by atoms with van der Waals surface area (Å²) in [5, 5.41) is 0. The third-order valence-electron chi connectivity index (χ3n) is 3.84. The van der Waals surface area contributed by atoms with Gasteiger partial charge in [-0.25, -0.2) is 4.79 Å². The number of nitrogens with two attached hydrogens (primary N) is 1. The standard InChI is InChI=1S/C19H30N4O3/c1-19(2,3)26-18(24)23-13-11-22(12-14-23)17(20)21-10-7-15-25-16-8-5-4-6-9-16/h4-6,8-9H,7,10-15H2,1-3H3,(H2,20,21). The Kier molecular flexibility index (Phi) is 7.12. The molecule has 0 radical (unpaired) electrons. The maximum Gasteiger partial charge on any atom is 0.410 e. The summed E-state index contributed by atoms with van der Waals surface area (Å²) >= 11 is 0. The number of ether oxygens (including phenoxy) is 2. The average Bonchev–Trinajstić information content (AvgIpc) is 2.61. The van der Waals surface area contributed by atoms with Crippen molar-refractivity contribution in [2.45, 2.75) is 32.8 Å². The van der Waals surface area contributed by atoms with Gasteiger partial charge in [-0.15, -0.1) is 0 Å². The first-order valence-corrected chi connectivity index (χ1v) is 9.06. The van der Waals surface area contributed by atoms with E-state index in [-0.39, 0.29) is 6.09 Å². The number of carbonyl (C=O) groups is 1. The molecule has 1 aliphatic heterocycles. The Morgan fingerprint density at radius 3 is 2.35 bits per heavy atom. The lowest BCUT2D eigenvalue weighted by Crippen LogP contribution is -2.53. The van der Waals surface area contributed by atoms with Crippen LogP contribution in [0, 0.1) is 0 Å². The summed E-state index contributed by atoms with van der Waals surface area (Å²) in [6.07, 6.45) is 0.527. The lowest BCUT2D eigenvalue weighted by atomic mass is 10.2. The van der Waals surface area contributed by atoms with Crippen molar-refractivity contribution in [1.29, 1.82) is 0 Å². The zero-order valence-electron chi connectivity index (χ0n) is 16.0. The van der Waals surface area contributed by atoms with Gasteiger partial charge in [0.1, 0.15) is 11.4 Å². The van der Waals surface area contributed by atoms with Crippen LogP contribution in [0.15, 0.2) is 35.3 Å². The fourth-order valence-corrected chi connectivity index (χ4v) is 2.51. The highest BCUT2D eigenvalue weighted by Crippen LogP contribution is 2.12. The predicted octanol–water partition coefficient (Wildman–Crippen LogP) is 2.32. The highest BCUT2D eigenvalue weighted by molar-refractivity contribution is 5.78. The Hall–Kier alpha value is -2.44. The first-order valence-electron chi connectivity index (χ1n) is 9.06. The third kappa shape index (κ3) is 6.82. The molecule has 7 heteroatoms. The molecule has 1 aromatic carbocycles. The van der Waals surface area contributed by atoms with Gasteiger partial charge in [0.2, 0.25) is 0 Å². The number of para-hydroxylation sites is 1. The van der Waals surface area contributed by atoms with Gasteiger partial charge in [0.15, 0.2) is 5.96 Å². The molecule has 2 N–H and O–H groups in total. The number of rotatable bonds is 5. The van der Waals surface area contributed by atoms with Crippen molar-refractivity contribution in [3.63, 3.8) is 0 Å². The van der Waals surface area contributed by atoms with Gasteiger partial charge in [-0.05, 0) is 32.9 Å². The minimum absolute atomic E-state index is 0.272. The van der Waals surface area contributed by atoms with Gasteiger partial charge in [0.05, 0.1) is 6.61 Å². The number of hydrogen-bond donors (Lipinski definition) is 1. The van der Waals surface area contributed by atoms with Crippen molar-refractivity contribution in [2.75, 3.05) is 39.3 Å². The maximum atomic E-state index is 12.1. The fourth-order valence-electron chi connectivity index (χ4n) is 2.51. The molecule has 144 valence electrons. The third-order valence-corrected chi connectivity index (χ3v) is 3.84. The Morgan fingerprint density at radius 2 is 1.73 bits per heavy atom. The second kappa shape index (κ2) is 9.31. The number of aliphatic imine (C=N–C) groups is 1. The van der Waals surface area contributed by atoms with E-state index in [1.165, 1.54) is 0 Å². The Balaban J connectivity index is 1.66. The van der Waals surface area contributed by atoms with Crippen LogP contribution in [-0.4, -0.2) is 66.8 Å². The highest BCUT2D eigenvalue weighted by Gasteiger charge is 2.26. The summed E-state index contributed by atoms with van der Waals surface area (Å²) in [4.78, 5) is 20.2. The van der Waals surface area contributed by atoms with Crippen LogP contribution in [-0.2, 0) is 4.74 Å². The molecule has 7 nitrogen and oxygen atoms in total. The second-order valence-electron chi connectivity index (χ2n) is 7.21. The van der Waals surface area contributed by atoms with E-state index in [1.807, 2.05) is 56.0 Å². The van der Waals surface area contributed by atoms with Crippen LogP contribution in [0.5, 0.6) is 5.75 Å². The minimum atomic E-state index is -0.476. The molecule has 1 heterocycles. The predicted molar refractivity (Wildman–Crippen MR) is 102 cm³/mol. The van der Waals surface area contributed by atoms with Crippen molar-refractivity contribution < 1.29 is 14.3 Å². The van der Waals surface area contributed by atoms with Crippen LogP contribution in [0.1, 0.15) is 27.2 Å². The summed E-state index contributed by atoms with van der Waals surface area (Å²) in [6, 6.07) is 9.72. The van der Waals surface area contributed by atoms with Crippen molar-refractivity contribution >= 4 is 12.1 Å². The molecule has 0 bridgehead atoms. The molecule has 0 aliphatic carbocycles. The van der Waals surface area contributed by atoms with Crippen molar-refractivity contribution in [3.05, 3.63) is 30.3 Å². The molecule has 0 spiro atoms. The summed E-state index contributed by atoms with van der Waals surface area (Å²) < 4.78 is 11.0. The monoisotopic (exact) mass is 362 g/mol. The largest absolute Gasteiger partial charge is 0.494 e. The Bertz CT molecular complexity index is 591. The molecule has 0 saturated carbocycles. The lowest BCUT2D eigenvalue weighted by molar-refractivity contribution is 0.0186. The number of guanidine groups is 1. The van der Waals surface area contributed by atoms with Crippen LogP contribution in [0.4, 0.5) is 4.79 Å². The van der Waals surface area contributed by atoms with E-state index >= 15 is 0 Å². The van der Waals surface area contributed by atoms with Crippen molar-refractivity contribution in [3.8, 4) is 5.75 Å². The van der Waals surface area contributed by atoms with Crippen molar-refractivity contribution in [1.82, 2.24) is 9.80 Å². The number of amides is 1. The van der Waals surface area contributed by atoms with Gasteiger partial charge >= 0.3 is 6.09 Å². The molecule has 1 fully saturated rings. The van der Waals surface area contributed by atoms with Crippen LogP contribution < -0.4 is 10.5 Å². The smallest absolute Gasteiger partial charge is 0.410 e. The topological polar surface area (TPSA) is 80.4 Å². The van der Waals surface area contributed by atoms with Crippen molar-refractivity contribution in [2.24, 2.45) is 10.7 Å². The molecule has 0 atom stereocenters. The zero-order chi connectivity index (χ0) is 19.0. The molecule has 1 aliphatic rings. The van der Waals surface area contributed by atoms with Crippen LogP contribution >= 0.6 is 0 Å². The highest BCUT2D eigenvalue weighted by atomic mass is 16.6. The van der Waals surface area contributed by atoms with E-state index in [1.54, 1.807) is 4.90 Å².